The van der Waals surface area contributed by atoms with Crippen LogP contribution in [0, 0.1) is 0 Å². The molecule has 0 bridgehead atoms. The van der Waals surface area contributed by atoms with Crippen LogP contribution in [0.1, 0.15) is 17.4 Å². The monoisotopic (exact) mass is 375 g/mol. The van der Waals surface area contributed by atoms with Crippen LogP contribution >= 0.6 is 0 Å². The fourth-order valence-electron chi connectivity index (χ4n) is 3.20. The van der Waals surface area contributed by atoms with Gasteiger partial charge in [0.25, 0.3) is 5.89 Å². The summed E-state index contributed by atoms with van der Waals surface area (Å²) in [5, 5.41) is 8.68. The van der Waals surface area contributed by atoms with Crippen molar-refractivity contribution in [2.24, 2.45) is 0 Å². The van der Waals surface area contributed by atoms with Crippen LogP contribution in [-0.2, 0) is 17.9 Å². The highest BCUT2D eigenvalue weighted by atomic mass is 16.5. The maximum Gasteiger partial charge on any atom is 0.278 e. The normalized spacial score (nSPS) is 16.0. The predicted molar refractivity (Wildman–Crippen MR) is 99.3 cm³/mol. The van der Waals surface area contributed by atoms with Gasteiger partial charge in [-0.15, -0.1) is 0 Å². The molecule has 0 saturated heterocycles. The lowest BCUT2D eigenvalue weighted by Gasteiger charge is -2.24. The third kappa shape index (κ3) is 3.03. The zero-order valence-corrected chi connectivity index (χ0v) is 15.1. The second kappa shape index (κ2) is 6.90. The number of nitrogens with zero attached hydrogens (tertiary/aromatic N) is 5. The molecule has 0 fully saturated rings. The highest BCUT2D eigenvalue weighted by Gasteiger charge is 2.24. The molecule has 1 aliphatic heterocycles. The molecule has 8 heteroatoms. The summed E-state index contributed by atoms with van der Waals surface area (Å²) in [6.07, 6.45) is 3.32. The van der Waals surface area contributed by atoms with E-state index in [0.717, 1.165) is 22.6 Å². The van der Waals surface area contributed by atoms with Crippen LogP contribution in [0.4, 0.5) is 0 Å². The predicted octanol–water partition coefficient (Wildman–Crippen LogP) is 3.28. The smallest absolute Gasteiger partial charge is 0.278 e. The Morgan fingerprint density at radius 1 is 1.11 bits per heavy atom. The van der Waals surface area contributed by atoms with Crippen LogP contribution in [0.15, 0.2) is 59.4 Å². The van der Waals surface area contributed by atoms with Gasteiger partial charge in [0.15, 0.2) is 5.69 Å². The molecule has 0 amide bonds. The molecule has 5 rings (SSSR count). The number of rotatable bonds is 4. The van der Waals surface area contributed by atoms with Crippen molar-refractivity contribution < 1.29 is 14.0 Å². The first kappa shape index (κ1) is 16.6. The Morgan fingerprint density at radius 3 is 2.71 bits per heavy atom. The lowest BCUT2D eigenvalue weighted by Crippen LogP contribution is -2.21. The van der Waals surface area contributed by atoms with E-state index in [0.29, 0.717) is 30.6 Å². The van der Waals surface area contributed by atoms with E-state index in [9.17, 15) is 0 Å². The minimum absolute atomic E-state index is 0.0683. The quantitative estimate of drug-likeness (QED) is 0.541. The van der Waals surface area contributed by atoms with Crippen molar-refractivity contribution >= 4 is 0 Å². The van der Waals surface area contributed by atoms with Gasteiger partial charge in [-0.2, -0.15) is 10.1 Å². The van der Waals surface area contributed by atoms with E-state index < -0.39 is 0 Å². The van der Waals surface area contributed by atoms with Gasteiger partial charge >= 0.3 is 0 Å². The van der Waals surface area contributed by atoms with Crippen molar-refractivity contribution in [2.45, 2.75) is 19.3 Å². The van der Waals surface area contributed by atoms with E-state index in [1.54, 1.807) is 19.5 Å². The maximum atomic E-state index is 6.01. The molecule has 1 unspecified atom stereocenters. The molecule has 4 heterocycles. The van der Waals surface area contributed by atoms with Crippen LogP contribution in [0.5, 0.6) is 5.75 Å². The molecule has 0 saturated carbocycles. The molecular formula is C20H17N5O3. The molecule has 0 spiro atoms. The summed E-state index contributed by atoms with van der Waals surface area (Å²) in [7, 11) is 1.65. The lowest BCUT2D eigenvalue weighted by atomic mass is 10.1. The zero-order valence-electron chi connectivity index (χ0n) is 15.1. The van der Waals surface area contributed by atoms with Crippen molar-refractivity contribution in [1.82, 2.24) is 24.9 Å². The Hall–Kier alpha value is -3.52. The Labute approximate surface area is 160 Å². The maximum absolute atomic E-state index is 6.01. The highest BCUT2D eigenvalue weighted by molar-refractivity contribution is 5.57. The Bertz CT molecular complexity index is 1090. The largest absolute Gasteiger partial charge is 0.497 e. The van der Waals surface area contributed by atoms with Crippen LogP contribution in [0.25, 0.3) is 23.0 Å². The van der Waals surface area contributed by atoms with Gasteiger partial charge in [-0.1, -0.05) is 17.3 Å². The Kier molecular flexibility index (Phi) is 4.10. The van der Waals surface area contributed by atoms with E-state index in [2.05, 4.69) is 20.2 Å². The fourth-order valence-corrected chi connectivity index (χ4v) is 3.20. The summed E-state index contributed by atoms with van der Waals surface area (Å²) in [5.41, 5.74) is 3.54. The van der Waals surface area contributed by atoms with Gasteiger partial charge in [-0.25, -0.2) is 0 Å². The fraction of sp³-hybridized carbons (Fsp3) is 0.200. The van der Waals surface area contributed by atoms with Gasteiger partial charge in [0.05, 0.1) is 26.0 Å². The molecule has 140 valence electrons. The van der Waals surface area contributed by atoms with E-state index in [1.165, 1.54) is 0 Å². The summed E-state index contributed by atoms with van der Waals surface area (Å²) in [6, 6.07) is 13.5. The zero-order chi connectivity index (χ0) is 18.9. The van der Waals surface area contributed by atoms with Crippen molar-refractivity contribution in [1.29, 1.82) is 0 Å². The van der Waals surface area contributed by atoms with Crippen molar-refractivity contribution in [3.8, 4) is 28.7 Å². The minimum atomic E-state index is -0.0683. The van der Waals surface area contributed by atoms with Crippen LogP contribution in [-0.4, -0.2) is 32.0 Å². The Morgan fingerprint density at radius 2 is 1.93 bits per heavy atom. The van der Waals surface area contributed by atoms with E-state index >= 15 is 0 Å². The minimum Gasteiger partial charge on any atom is -0.497 e. The summed E-state index contributed by atoms with van der Waals surface area (Å²) in [6.45, 7) is 1.09. The van der Waals surface area contributed by atoms with Crippen LogP contribution < -0.4 is 4.74 Å². The average molecular weight is 375 g/mol. The van der Waals surface area contributed by atoms with E-state index in [4.69, 9.17) is 14.0 Å². The molecule has 0 aliphatic carbocycles. The van der Waals surface area contributed by atoms with E-state index in [-0.39, 0.29) is 6.10 Å². The molecule has 0 radical (unpaired) electrons. The molecule has 0 N–H and O–H groups in total. The third-order valence-electron chi connectivity index (χ3n) is 4.71. The van der Waals surface area contributed by atoms with Crippen LogP contribution in [0.3, 0.4) is 0 Å². The number of fused-ring (bicyclic) bond motifs is 1. The number of ether oxygens (including phenoxy) is 2. The number of hydrogen-bond acceptors (Lipinski definition) is 7. The van der Waals surface area contributed by atoms with Gasteiger partial charge < -0.3 is 14.0 Å². The third-order valence-corrected chi connectivity index (χ3v) is 4.71. The van der Waals surface area contributed by atoms with Gasteiger partial charge in [-0.05, 0) is 35.9 Å². The number of pyridine rings is 1. The second-order valence-corrected chi connectivity index (χ2v) is 6.43. The SMILES string of the molecule is COc1ccc(C2Cn3nc(-c4nc(-c5ccncc5)no4)cc3CO2)cc1. The summed E-state index contributed by atoms with van der Waals surface area (Å²) < 4.78 is 18.6. The van der Waals surface area contributed by atoms with Gasteiger partial charge in [0, 0.05) is 18.0 Å². The second-order valence-electron chi connectivity index (χ2n) is 6.43. The highest BCUT2D eigenvalue weighted by Crippen LogP contribution is 2.30. The van der Waals surface area contributed by atoms with Gasteiger partial charge in [-0.3, -0.25) is 9.67 Å². The number of benzene rings is 1. The summed E-state index contributed by atoms with van der Waals surface area (Å²) in [4.78, 5) is 8.45. The number of aromatic nitrogens is 5. The number of methoxy groups -OCH3 is 1. The molecule has 8 nitrogen and oxygen atoms in total. The standard InChI is InChI=1S/C20H17N5O3/c1-26-16-4-2-13(3-5-16)18-11-25-15(12-27-18)10-17(23-25)20-22-19(24-28-20)14-6-8-21-9-7-14/h2-10,18H,11-12H2,1H3. The van der Waals surface area contributed by atoms with Crippen LogP contribution in [0.2, 0.25) is 0 Å². The molecule has 1 atom stereocenters. The first-order chi connectivity index (χ1) is 13.8. The summed E-state index contributed by atoms with van der Waals surface area (Å²) >= 11 is 0. The topological polar surface area (TPSA) is 88.1 Å². The molecular weight excluding hydrogens is 358 g/mol. The first-order valence-electron chi connectivity index (χ1n) is 8.87. The van der Waals surface area contributed by atoms with Gasteiger partial charge in [0.2, 0.25) is 5.82 Å². The van der Waals surface area contributed by atoms with Crippen molar-refractivity contribution in [2.75, 3.05) is 7.11 Å². The Balaban J connectivity index is 1.38. The molecule has 1 aromatic carbocycles. The molecule has 28 heavy (non-hydrogen) atoms. The molecule has 1 aliphatic rings. The first-order valence-corrected chi connectivity index (χ1v) is 8.87. The molecule has 3 aromatic heterocycles. The average Bonchev–Trinajstić information content (AvgIpc) is 3.41. The van der Waals surface area contributed by atoms with E-state index in [1.807, 2.05) is 47.1 Å². The number of hydrogen-bond donors (Lipinski definition) is 0. The lowest BCUT2D eigenvalue weighted by molar-refractivity contribution is -0.00115. The molecule has 4 aromatic rings. The van der Waals surface area contributed by atoms with Crippen molar-refractivity contribution in [3.63, 3.8) is 0 Å². The van der Waals surface area contributed by atoms with Crippen molar-refractivity contribution in [3.05, 3.63) is 66.1 Å². The summed E-state index contributed by atoms with van der Waals surface area (Å²) in [5.74, 6) is 1.72. The van der Waals surface area contributed by atoms with Gasteiger partial charge in [0.1, 0.15) is 11.9 Å².